The Bertz CT molecular complexity index is 359. The first kappa shape index (κ1) is 18.2. The normalized spacial score (nSPS) is 28.1. The summed E-state index contributed by atoms with van der Waals surface area (Å²) < 4.78 is 4.88. The van der Waals surface area contributed by atoms with Gasteiger partial charge in [0, 0.05) is 6.61 Å². The molecule has 0 aromatic rings. The maximum absolute atomic E-state index is 11.2. The Morgan fingerprint density at radius 3 is 2.62 bits per heavy atom. The van der Waals surface area contributed by atoms with Crippen molar-refractivity contribution in [3.8, 4) is 0 Å². The smallest absolute Gasteiger partial charge is 0.309 e. The Hall–Kier alpha value is -0.830. The van der Waals surface area contributed by atoms with E-state index in [9.17, 15) is 9.90 Å². The first-order chi connectivity index (χ1) is 9.87. The summed E-state index contributed by atoms with van der Waals surface area (Å²) in [5.74, 6) is 0.539. The van der Waals surface area contributed by atoms with Gasteiger partial charge in [-0.1, -0.05) is 32.9 Å². The van der Waals surface area contributed by atoms with Crippen LogP contribution >= 0.6 is 0 Å². The molecule has 1 saturated carbocycles. The maximum Gasteiger partial charge on any atom is 0.309 e. The van der Waals surface area contributed by atoms with Gasteiger partial charge < -0.3 is 9.84 Å². The average Bonchev–Trinajstić information content (AvgIpc) is 2.66. The highest BCUT2D eigenvalue weighted by Gasteiger charge is 2.50. The molecule has 0 aliphatic heterocycles. The Kier molecular flexibility index (Phi) is 6.92. The molecular formula is C18H32O3. The number of carbonyl (C=O) groups excluding carboxylic acids is 1. The quantitative estimate of drug-likeness (QED) is 0.417. The average molecular weight is 296 g/mol. The molecule has 1 fully saturated rings. The third-order valence-electron chi connectivity index (χ3n) is 5.65. The topological polar surface area (TPSA) is 46.5 Å². The molecule has 0 bridgehead atoms. The fourth-order valence-corrected chi connectivity index (χ4v) is 3.46. The number of carbonyl (C=O) groups is 1. The van der Waals surface area contributed by atoms with E-state index >= 15 is 0 Å². The lowest BCUT2D eigenvalue weighted by atomic mass is 9.65. The SMILES string of the molecule is CCOC(=O)C/C=C/CCCC1CCC(C)(CO)C1(C)C. The van der Waals surface area contributed by atoms with Gasteiger partial charge in [-0.05, 0) is 55.8 Å². The lowest BCUT2D eigenvalue weighted by Crippen LogP contribution is -2.37. The summed E-state index contributed by atoms with van der Waals surface area (Å²) in [7, 11) is 0. The molecule has 122 valence electrons. The van der Waals surface area contributed by atoms with Crippen molar-refractivity contribution in [3.63, 3.8) is 0 Å². The number of unbranched alkanes of at least 4 members (excludes halogenated alkanes) is 1. The largest absolute Gasteiger partial charge is 0.466 e. The molecule has 0 radical (unpaired) electrons. The predicted molar refractivity (Wildman–Crippen MR) is 85.9 cm³/mol. The van der Waals surface area contributed by atoms with E-state index in [0.717, 1.165) is 19.3 Å². The van der Waals surface area contributed by atoms with Gasteiger partial charge in [0.05, 0.1) is 13.0 Å². The van der Waals surface area contributed by atoms with E-state index in [0.29, 0.717) is 18.9 Å². The summed E-state index contributed by atoms with van der Waals surface area (Å²) in [6.45, 7) is 9.38. The van der Waals surface area contributed by atoms with Crippen molar-refractivity contribution in [2.75, 3.05) is 13.2 Å². The van der Waals surface area contributed by atoms with Crippen LogP contribution in [0.2, 0.25) is 0 Å². The third kappa shape index (κ3) is 4.57. The van der Waals surface area contributed by atoms with Gasteiger partial charge >= 0.3 is 5.97 Å². The van der Waals surface area contributed by atoms with Crippen LogP contribution in [-0.2, 0) is 9.53 Å². The summed E-state index contributed by atoms with van der Waals surface area (Å²) in [6.07, 6.45) is 10.1. The predicted octanol–water partition coefficient (Wildman–Crippen LogP) is 4.10. The second-order valence-corrected chi connectivity index (χ2v) is 7.09. The van der Waals surface area contributed by atoms with Crippen LogP contribution in [0.5, 0.6) is 0 Å². The minimum Gasteiger partial charge on any atom is -0.466 e. The van der Waals surface area contributed by atoms with E-state index in [1.165, 1.54) is 12.8 Å². The van der Waals surface area contributed by atoms with Crippen LogP contribution in [0.25, 0.3) is 0 Å². The summed E-state index contributed by atoms with van der Waals surface area (Å²) in [5, 5.41) is 9.66. The second-order valence-electron chi connectivity index (χ2n) is 7.09. The zero-order chi connectivity index (χ0) is 15.9. The van der Waals surface area contributed by atoms with E-state index < -0.39 is 0 Å². The monoisotopic (exact) mass is 296 g/mol. The van der Waals surface area contributed by atoms with E-state index in [2.05, 4.69) is 26.8 Å². The van der Waals surface area contributed by atoms with Crippen molar-refractivity contribution >= 4 is 5.97 Å². The molecule has 1 rings (SSSR count). The van der Waals surface area contributed by atoms with Gasteiger partial charge in [-0.2, -0.15) is 0 Å². The molecule has 3 heteroatoms. The highest BCUT2D eigenvalue weighted by atomic mass is 16.5. The van der Waals surface area contributed by atoms with Crippen LogP contribution in [0.1, 0.15) is 66.2 Å². The van der Waals surface area contributed by atoms with E-state index in [-0.39, 0.29) is 23.4 Å². The summed E-state index contributed by atoms with van der Waals surface area (Å²) in [4.78, 5) is 11.2. The Morgan fingerprint density at radius 2 is 2.05 bits per heavy atom. The van der Waals surface area contributed by atoms with Crippen molar-refractivity contribution in [3.05, 3.63) is 12.2 Å². The summed E-state index contributed by atoms with van der Waals surface area (Å²) in [5.41, 5.74) is 0.272. The molecule has 0 spiro atoms. The van der Waals surface area contributed by atoms with Crippen LogP contribution < -0.4 is 0 Å². The lowest BCUT2D eigenvalue weighted by Gasteiger charge is -2.40. The molecule has 1 aliphatic rings. The number of esters is 1. The zero-order valence-corrected chi connectivity index (χ0v) is 14.2. The molecule has 0 saturated heterocycles. The molecule has 21 heavy (non-hydrogen) atoms. The molecule has 0 amide bonds. The Balaban J connectivity index is 2.28. The van der Waals surface area contributed by atoms with Gasteiger partial charge in [0.2, 0.25) is 0 Å². The number of allylic oxidation sites excluding steroid dienone is 1. The number of rotatable bonds is 8. The molecule has 0 aromatic heterocycles. The maximum atomic E-state index is 11.2. The van der Waals surface area contributed by atoms with Crippen molar-refractivity contribution in [1.29, 1.82) is 0 Å². The van der Waals surface area contributed by atoms with Crippen molar-refractivity contribution in [2.45, 2.75) is 66.2 Å². The van der Waals surface area contributed by atoms with Gasteiger partial charge in [0.1, 0.15) is 0 Å². The zero-order valence-electron chi connectivity index (χ0n) is 14.2. The first-order valence-electron chi connectivity index (χ1n) is 8.29. The Morgan fingerprint density at radius 1 is 1.33 bits per heavy atom. The van der Waals surface area contributed by atoms with Gasteiger partial charge in [0.25, 0.3) is 0 Å². The van der Waals surface area contributed by atoms with Gasteiger partial charge in [-0.25, -0.2) is 0 Å². The van der Waals surface area contributed by atoms with Crippen LogP contribution in [0.3, 0.4) is 0 Å². The molecule has 0 aromatic carbocycles. The van der Waals surface area contributed by atoms with Crippen LogP contribution in [0.15, 0.2) is 12.2 Å². The van der Waals surface area contributed by atoms with Gasteiger partial charge in [-0.3, -0.25) is 4.79 Å². The van der Waals surface area contributed by atoms with Crippen molar-refractivity contribution < 1.29 is 14.6 Å². The number of hydrogen-bond donors (Lipinski definition) is 1. The molecule has 1 aliphatic carbocycles. The minimum absolute atomic E-state index is 0.0669. The number of aliphatic hydroxyl groups excluding tert-OH is 1. The second kappa shape index (κ2) is 7.98. The van der Waals surface area contributed by atoms with Crippen molar-refractivity contribution in [1.82, 2.24) is 0 Å². The fraction of sp³-hybridized carbons (Fsp3) is 0.833. The lowest BCUT2D eigenvalue weighted by molar-refractivity contribution is -0.142. The molecule has 3 nitrogen and oxygen atoms in total. The van der Waals surface area contributed by atoms with Crippen LogP contribution in [-0.4, -0.2) is 24.3 Å². The van der Waals surface area contributed by atoms with Gasteiger partial charge in [-0.15, -0.1) is 0 Å². The molecule has 1 N–H and O–H groups in total. The fourth-order valence-electron chi connectivity index (χ4n) is 3.46. The van der Waals surface area contributed by atoms with Gasteiger partial charge in [0.15, 0.2) is 0 Å². The molecule has 2 atom stereocenters. The molecule has 2 unspecified atom stereocenters. The Labute approximate surface area is 129 Å². The third-order valence-corrected chi connectivity index (χ3v) is 5.65. The standard InChI is InChI=1S/C18H32O3/c1-5-21-16(20)11-9-7-6-8-10-15-12-13-18(4,14-19)17(15,2)3/h7,9,15,19H,5-6,8,10-14H2,1-4H3/b9-7+. The van der Waals surface area contributed by atoms with E-state index in [1.54, 1.807) is 0 Å². The minimum atomic E-state index is -0.149. The number of aliphatic hydroxyl groups is 1. The summed E-state index contributed by atoms with van der Waals surface area (Å²) in [6, 6.07) is 0. The number of hydrogen-bond acceptors (Lipinski definition) is 3. The van der Waals surface area contributed by atoms with E-state index in [4.69, 9.17) is 4.74 Å². The highest BCUT2D eigenvalue weighted by Crippen LogP contribution is 2.56. The number of ether oxygens (including phenoxy) is 1. The van der Waals surface area contributed by atoms with E-state index in [1.807, 2.05) is 13.0 Å². The molecule has 0 heterocycles. The van der Waals surface area contributed by atoms with Crippen LogP contribution in [0.4, 0.5) is 0 Å². The molecular weight excluding hydrogens is 264 g/mol. The van der Waals surface area contributed by atoms with Crippen molar-refractivity contribution in [2.24, 2.45) is 16.7 Å². The van der Waals surface area contributed by atoms with Crippen LogP contribution in [0, 0.1) is 16.7 Å². The summed E-state index contributed by atoms with van der Waals surface area (Å²) >= 11 is 0. The highest BCUT2D eigenvalue weighted by molar-refractivity contribution is 5.71. The first-order valence-corrected chi connectivity index (χ1v) is 8.29.